The standard InChI is InChI=1S/C60H70F6O4Si/c1-17-71(18-2,31-69-47-29-45(61)51(63)53(65)49(47)43-21-33(3)19-41(55(43)67)35-23-37(57(5,6)7)27-38(24-35)58(8,9)10)32-70-48-30-46(62)52(64)54(66)50(48)44-22-34(4)20-42(56(44)68)36-25-39(59(11,12)13)28-40(26-36)60(14,15)16/h19-30,67-68H,17-18,31-32H2,1-16H3. The van der Waals surface area contributed by atoms with Crippen LogP contribution in [0.3, 0.4) is 0 Å². The van der Waals surface area contributed by atoms with Gasteiger partial charge in [0.25, 0.3) is 0 Å². The van der Waals surface area contributed by atoms with Gasteiger partial charge in [0, 0.05) is 34.4 Å². The van der Waals surface area contributed by atoms with Crippen molar-refractivity contribution in [2.45, 2.75) is 145 Å². The molecule has 0 bridgehead atoms. The first kappa shape index (κ1) is 54.6. The second-order valence-corrected chi connectivity index (χ2v) is 28.5. The molecule has 0 spiro atoms. The van der Waals surface area contributed by atoms with Gasteiger partial charge in [-0.2, -0.15) is 0 Å². The van der Waals surface area contributed by atoms with E-state index in [1.165, 1.54) is 12.1 Å². The Balaban J connectivity index is 1.43. The molecule has 0 saturated heterocycles. The molecule has 2 N–H and O–H groups in total. The minimum atomic E-state index is -2.97. The lowest BCUT2D eigenvalue weighted by molar-refractivity contribution is 0.333. The van der Waals surface area contributed by atoms with Crippen molar-refractivity contribution in [3.63, 3.8) is 0 Å². The van der Waals surface area contributed by atoms with Crippen LogP contribution >= 0.6 is 0 Å². The average Bonchev–Trinajstić information content (AvgIpc) is 3.28. The first-order valence-corrected chi connectivity index (χ1v) is 27.2. The van der Waals surface area contributed by atoms with Gasteiger partial charge in [0.05, 0.1) is 23.6 Å². The van der Waals surface area contributed by atoms with Crippen LogP contribution in [0.1, 0.15) is 130 Å². The summed E-state index contributed by atoms with van der Waals surface area (Å²) >= 11 is 0. The Labute approximate surface area is 418 Å². The molecule has 0 heterocycles. The second kappa shape index (κ2) is 19.7. The fourth-order valence-electron chi connectivity index (χ4n) is 8.72. The highest BCUT2D eigenvalue weighted by Crippen LogP contribution is 2.49. The highest BCUT2D eigenvalue weighted by molar-refractivity contribution is 6.79. The van der Waals surface area contributed by atoms with Crippen molar-refractivity contribution in [2.24, 2.45) is 0 Å². The van der Waals surface area contributed by atoms with E-state index in [2.05, 4.69) is 95.2 Å². The molecule has 0 fully saturated rings. The molecule has 6 aromatic carbocycles. The Morgan fingerprint density at radius 1 is 0.408 bits per heavy atom. The van der Waals surface area contributed by atoms with E-state index in [0.29, 0.717) is 45.5 Å². The smallest absolute Gasteiger partial charge is 0.195 e. The Kier molecular flexibility index (Phi) is 15.2. The predicted molar refractivity (Wildman–Crippen MR) is 280 cm³/mol. The molecule has 0 aliphatic rings. The second-order valence-electron chi connectivity index (χ2n) is 23.5. The summed E-state index contributed by atoms with van der Waals surface area (Å²) in [5.74, 6) is -11.1. The van der Waals surface area contributed by atoms with Gasteiger partial charge in [-0.15, -0.1) is 0 Å². The monoisotopic (exact) mass is 996 g/mol. The molecule has 6 rings (SSSR count). The van der Waals surface area contributed by atoms with Gasteiger partial charge in [-0.25, -0.2) is 26.3 Å². The molecule has 71 heavy (non-hydrogen) atoms. The molecule has 4 nitrogen and oxygen atoms in total. The van der Waals surface area contributed by atoms with Crippen LogP contribution in [-0.4, -0.2) is 30.7 Å². The van der Waals surface area contributed by atoms with E-state index in [1.54, 1.807) is 26.0 Å². The van der Waals surface area contributed by atoms with Gasteiger partial charge >= 0.3 is 0 Å². The maximum absolute atomic E-state index is 16.4. The molecule has 11 heteroatoms. The van der Waals surface area contributed by atoms with Crippen LogP contribution in [0.2, 0.25) is 12.1 Å². The van der Waals surface area contributed by atoms with Gasteiger partial charge in [0.2, 0.25) is 0 Å². The topological polar surface area (TPSA) is 58.9 Å². The van der Waals surface area contributed by atoms with Crippen LogP contribution in [-0.2, 0) is 21.7 Å². The summed E-state index contributed by atoms with van der Waals surface area (Å²) < 4.78 is 107. The number of phenolic OH excluding ortho intramolecular Hbond substituents is 2. The number of aryl methyl sites for hydroxylation is 2. The van der Waals surface area contributed by atoms with Crippen molar-refractivity contribution in [3.8, 4) is 67.5 Å². The number of rotatable bonds is 12. The molecule has 0 aliphatic heterocycles. The van der Waals surface area contributed by atoms with E-state index in [1.807, 2.05) is 38.1 Å². The number of benzene rings is 6. The van der Waals surface area contributed by atoms with Gasteiger partial charge in [0.15, 0.2) is 34.9 Å². The van der Waals surface area contributed by atoms with E-state index >= 15 is 26.3 Å². The maximum atomic E-state index is 16.4. The Hall–Kier alpha value is -5.68. The van der Waals surface area contributed by atoms with Crippen molar-refractivity contribution in [3.05, 3.63) is 141 Å². The molecule has 0 unspecified atom stereocenters. The minimum Gasteiger partial charge on any atom is -0.507 e. The zero-order valence-corrected chi connectivity index (χ0v) is 45.2. The summed E-state index contributed by atoms with van der Waals surface area (Å²) in [6.45, 7) is 32.2. The zero-order valence-electron chi connectivity index (χ0n) is 44.2. The van der Waals surface area contributed by atoms with E-state index < -0.39 is 54.1 Å². The summed E-state index contributed by atoms with van der Waals surface area (Å²) in [4.78, 5) is 0. The number of phenols is 2. The first-order valence-electron chi connectivity index (χ1n) is 24.3. The zero-order chi connectivity index (χ0) is 53.1. The molecule has 0 amide bonds. The van der Waals surface area contributed by atoms with Crippen LogP contribution in [0.4, 0.5) is 26.3 Å². The fraction of sp³-hybridized carbons (Fsp3) is 0.400. The first-order chi connectivity index (χ1) is 32.7. The summed E-state index contributed by atoms with van der Waals surface area (Å²) in [6.07, 6.45) is -0.331. The molecular weight excluding hydrogens is 927 g/mol. The van der Waals surface area contributed by atoms with Crippen molar-refractivity contribution in [2.75, 3.05) is 12.5 Å². The molecule has 380 valence electrons. The molecule has 0 saturated carbocycles. The van der Waals surface area contributed by atoms with Gasteiger partial charge in [-0.3, -0.25) is 0 Å². The molecule has 0 aromatic heterocycles. The van der Waals surface area contributed by atoms with Crippen molar-refractivity contribution in [1.82, 2.24) is 0 Å². The summed E-state index contributed by atoms with van der Waals surface area (Å²) in [6, 6.07) is 21.0. The Morgan fingerprint density at radius 2 is 0.690 bits per heavy atom. The van der Waals surface area contributed by atoms with Crippen molar-refractivity contribution >= 4 is 8.07 Å². The number of hydrogen-bond acceptors (Lipinski definition) is 4. The molecule has 6 aromatic rings. The SMILES string of the molecule is CC[Si](CC)(COc1cc(F)c(F)c(F)c1-c1cc(C)cc(-c2cc(C(C)(C)C)cc(C(C)(C)C)c2)c1O)COc1cc(F)c(F)c(F)c1-c1cc(C)cc(-c2cc(C(C)(C)C)cc(C(C)(C)C)c2)c1O. The fourth-order valence-corrected chi connectivity index (χ4v) is 11.0. The quantitative estimate of drug-likeness (QED) is 0.0729. The van der Waals surface area contributed by atoms with Crippen LogP contribution in [0.15, 0.2) is 72.8 Å². The lowest BCUT2D eigenvalue weighted by Crippen LogP contribution is -2.47. The lowest BCUT2D eigenvalue weighted by atomic mass is 9.78. The van der Waals surface area contributed by atoms with Crippen LogP contribution in [0.5, 0.6) is 23.0 Å². The van der Waals surface area contributed by atoms with E-state index in [9.17, 15) is 10.2 Å². The third kappa shape index (κ3) is 11.4. The lowest BCUT2D eigenvalue weighted by Gasteiger charge is -2.30. The summed E-state index contributed by atoms with van der Waals surface area (Å²) in [5.41, 5.74) is 4.99. The van der Waals surface area contributed by atoms with Crippen LogP contribution in [0.25, 0.3) is 44.5 Å². The largest absolute Gasteiger partial charge is 0.507 e. The third-order valence-electron chi connectivity index (χ3n) is 13.8. The van der Waals surface area contributed by atoms with Crippen molar-refractivity contribution in [1.29, 1.82) is 0 Å². The average molecular weight is 997 g/mol. The molecule has 0 atom stereocenters. The number of hydrogen-bond donors (Lipinski definition) is 2. The third-order valence-corrected chi connectivity index (χ3v) is 18.3. The summed E-state index contributed by atoms with van der Waals surface area (Å²) in [7, 11) is -2.97. The van der Waals surface area contributed by atoms with Gasteiger partial charge < -0.3 is 19.7 Å². The Morgan fingerprint density at radius 3 is 0.958 bits per heavy atom. The number of halogens is 6. The normalized spacial score (nSPS) is 12.7. The highest BCUT2D eigenvalue weighted by Gasteiger charge is 2.36. The van der Waals surface area contributed by atoms with E-state index in [0.717, 1.165) is 34.4 Å². The minimum absolute atomic E-state index is 0.111. The number of aromatic hydroxyl groups is 2. The molecule has 0 radical (unpaired) electrons. The highest BCUT2D eigenvalue weighted by atomic mass is 28.3. The van der Waals surface area contributed by atoms with Crippen LogP contribution in [0, 0.1) is 48.8 Å². The number of ether oxygens (including phenoxy) is 2. The predicted octanol–water partition coefficient (Wildman–Crippen LogP) is 17.4. The van der Waals surface area contributed by atoms with Gasteiger partial charge in [-0.1, -0.05) is 145 Å². The van der Waals surface area contributed by atoms with Gasteiger partial charge in [-0.05, 0) is 104 Å². The molecule has 0 aliphatic carbocycles. The van der Waals surface area contributed by atoms with E-state index in [-0.39, 0.29) is 68.2 Å². The van der Waals surface area contributed by atoms with E-state index in [4.69, 9.17) is 9.47 Å². The summed E-state index contributed by atoms with van der Waals surface area (Å²) in [5, 5.41) is 24.2. The van der Waals surface area contributed by atoms with Gasteiger partial charge in [0.1, 0.15) is 31.1 Å². The van der Waals surface area contributed by atoms with Crippen molar-refractivity contribution < 1.29 is 46.0 Å². The molecular formula is C60H70F6O4Si. The maximum Gasteiger partial charge on any atom is 0.195 e. The van der Waals surface area contributed by atoms with Crippen LogP contribution < -0.4 is 9.47 Å². The Bertz CT molecular complexity index is 2740.